The summed E-state index contributed by atoms with van der Waals surface area (Å²) >= 11 is 0. The normalized spacial score (nSPS) is 15.2. The van der Waals surface area contributed by atoms with Crippen LogP contribution in [0.25, 0.3) is 10.9 Å². The molecule has 1 aliphatic heterocycles. The van der Waals surface area contributed by atoms with E-state index in [0.29, 0.717) is 30.5 Å². The summed E-state index contributed by atoms with van der Waals surface area (Å²) in [6.45, 7) is 5.05. The molecule has 178 valence electrons. The van der Waals surface area contributed by atoms with Gasteiger partial charge in [-0.15, -0.1) is 0 Å². The van der Waals surface area contributed by atoms with Gasteiger partial charge in [0, 0.05) is 19.1 Å². The molecule has 1 amide bonds. The Bertz CT molecular complexity index is 1340. The van der Waals surface area contributed by atoms with E-state index in [1.165, 1.54) is 22.8 Å². The first-order chi connectivity index (χ1) is 16.4. The van der Waals surface area contributed by atoms with Crippen LogP contribution in [0.3, 0.4) is 0 Å². The Kier molecular flexibility index (Phi) is 6.63. The maximum absolute atomic E-state index is 14.9. The van der Waals surface area contributed by atoms with Gasteiger partial charge < -0.3 is 14.6 Å². The summed E-state index contributed by atoms with van der Waals surface area (Å²) in [6.07, 6.45) is 2.29. The van der Waals surface area contributed by atoms with Crippen molar-refractivity contribution in [1.82, 2.24) is 14.5 Å². The van der Waals surface area contributed by atoms with Gasteiger partial charge in [0.15, 0.2) is 0 Å². The molecule has 34 heavy (non-hydrogen) atoms. The number of nitrogens with one attached hydrogen (secondary N) is 1. The van der Waals surface area contributed by atoms with Crippen LogP contribution in [0.5, 0.6) is 0 Å². The van der Waals surface area contributed by atoms with Crippen molar-refractivity contribution in [3.8, 4) is 0 Å². The maximum atomic E-state index is 14.9. The van der Waals surface area contributed by atoms with Crippen LogP contribution in [-0.4, -0.2) is 52.3 Å². The van der Waals surface area contributed by atoms with E-state index in [9.17, 15) is 23.6 Å². The third-order valence-corrected chi connectivity index (χ3v) is 6.55. The highest BCUT2D eigenvalue weighted by atomic mass is 19.1. The lowest BCUT2D eigenvalue weighted by Crippen LogP contribution is -2.54. The van der Waals surface area contributed by atoms with E-state index >= 15 is 0 Å². The second-order valence-electron chi connectivity index (χ2n) is 8.42. The molecule has 1 fully saturated rings. The van der Waals surface area contributed by atoms with Crippen molar-refractivity contribution in [2.24, 2.45) is 0 Å². The van der Waals surface area contributed by atoms with Crippen LogP contribution in [-0.2, 0) is 9.59 Å². The summed E-state index contributed by atoms with van der Waals surface area (Å²) in [5.41, 5.74) is -0.409. The molecule has 1 saturated heterocycles. The fourth-order valence-corrected chi connectivity index (χ4v) is 4.74. The molecular formula is C25H27FN4O4. The Hall–Kier alpha value is -3.75. The Balaban J connectivity index is 1.72. The minimum Gasteiger partial charge on any atom is -0.358 e. The number of fused-ring (bicyclic) bond motifs is 1. The second kappa shape index (κ2) is 9.62. The number of piperazine rings is 1. The third-order valence-electron chi connectivity index (χ3n) is 6.55. The highest BCUT2D eigenvalue weighted by Crippen LogP contribution is 2.28. The summed E-state index contributed by atoms with van der Waals surface area (Å²) in [6, 6.07) is 9.72. The Labute approximate surface area is 195 Å². The van der Waals surface area contributed by atoms with E-state index in [1.54, 1.807) is 29.2 Å². The van der Waals surface area contributed by atoms with E-state index in [2.05, 4.69) is 4.98 Å². The molecule has 0 spiro atoms. The van der Waals surface area contributed by atoms with Crippen LogP contribution in [0.4, 0.5) is 10.1 Å². The number of nitrogens with zero attached hydrogens (tertiary/aromatic N) is 3. The number of aromatic nitrogens is 2. The number of hydrogen-bond donors (Lipinski definition) is 1. The van der Waals surface area contributed by atoms with Crippen molar-refractivity contribution in [2.45, 2.75) is 38.8 Å². The summed E-state index contributed by atoms with van der Waals surface area (Å²) in [5.74, 6) is -0.588. The van der Waals surface area contributed by atoms with Crippen molar-refractivity contribution in [1.29, 1.82) is 0 Å². The molecule has 2 heterocycles. The minimum atomic E-state index is -1.09. The molecule has 4 rings (SSSR count). The topological polar surface area (TPSA) is 95.5 Å². The molecule has 1 aliphatic rings. The molecule has 3 aromatic rings. The van der Waals surface area contributed by atoms with Crippen LogP contribution >= 0.6 is 0 Å². The lowest BCUT2D eigenvalue weighted by molar-refractivity contribution is -0.133. The maximum Gasteiger partial charge on any atom is 0.329 e. The van der Waals surface area contributed by atoms with Crippen molar-refractivity contribution in [3.63, 3.8) is 0 Å². The van der Waals surface area contributed by atoms with Crippen LogP contribution in [0.15, 0.2) is 52.1 Å². The number of para-hydroxylation sites is 1. The van der Waals surface area contributed by atoms with E-state index in [1.807, 2.05) is 18.7 Å². The number of aromatic amines is 1. The molecule has 1 N–H and O–H groups in total. The molecule has 2 aromatic carbocycles. The number of anilines is 1. The molecule has 0 aliphatic carbocycles. The van der Waals surface area contributed by atoms with Crippen molar-refractivity contribution < 1.29 is 14.0 Å². The zero-order valence-corrected chi connectivity index (χ0v) is 19.2. The molecule has 1 unspecified atom stereocenters. The standard InChI is InChI=1S/C25H27FN4O4/c1-3-17(4-2)29-12-11-28(14-23(29)32)21-13-16(9-10-19(21)26)22(15-31)30-20-8-6-5-7-18(20)24(33)27-25(30)34/h5-10,13,15,17,22H,3-4,11-12,14H2,1-2H3,(H,27,33,34). The molecule has 9 heteroatoms. The monoisotopic (exact) mass is 466 g/mol. The first-order valence-electron chi connectivity index (χ1n) is 11.4. The van der Waals surface area contributed by atoms with Crippen molar-refractivity contribution in [2.75, 3.05) is 24.5 Å². The highest BCUT2D eigenvalue weighted by molar-refractivity contribution is 5.83. The predicted octanol–water partition coefficient (Wildman–Crippen LogP) is 2.45. The number of rotatable bonds is 7. The molecule has 1 atom stereocenters. The van der Waals surface area contributed by atoms with Gasteiger partial charge in [0.2, 0.25) is 5.91 Å². The average molecular weight is 467 g/mol. The molecule has 1 aromatic heterocycles. The fourth-order valence-electron chi connectivity index (χ4n) is 4.74. The molecular weight excluding hydrogens is 439 g/mol. The SMILES string of the molecule is CCC(CC)N1CCN(c2cc(C(C=O)n3c(=O)[nH]c(=O)c4ccccc43)ccc2F)CC1=O. The van der Waals surface area contributed by atoms with Gasteiger partial charge in [-0.05, 0) is 42.7 Å². The lowest BCUT2D eigenvalue weighted by Gasteiger charge is -2.39. The molecule has 0 saturated carbocycles. The molecule has 0 bridgehead atoms. The molecule has 8 nitrogen and oxygen atoms in total. The Morgan fingerprint density at radius 2 is 1.79 bits per heavy atom. The number of carbonyl (C=O) groups is 2. The highest BCUT2D eigenvalue weighted by Gasteiger charge is 2.30. The van der Waals surface area contributed by atoms with Crippen LogP contribution < -0.4 is 16.1 Å². The number of H-pyrrole nitrogens is 1. The van der Waals surface area contributed by atoms with Crippen LogP contribution in [0.2, 0.25) is 0 Å². The van der Waals surface area contributed by atoms with Gasteiger partial charge in [0.1, 0.15) is 18.1 Å². The van der Waals surface area contributed by atoms with Gasteiger partial charge in [0.25, 0.3) is 5.56 Å². The van der Waals surface area contributed by atoms with Gasteiger partial charge in [0.05, 0.1) is 23.1 Å². The fraction of sp³-hybridized carbons (Fsp3) is 0.360. The van der Waals surface area contributed by atoms with Gasteiger partial charge in [-0.1, -0.05) is 32.0 Å². The van der Waals surface area contributed by atoms with Gasteiger partial charge >= 0.3 is 5.69 Å². The molecule has 0 radical (unpaired) electrons. The quantitative estimate of drug-likeness (QED) is 0.540. The number of halogens is 1. The van der Waals surface area contributed by atoms with E-state index in [-0.39, 0.29) is 29.6 Å². The average Bonchev–Trinajstić information content (AvgIpc) is 2.84. The summed E-state index contributed by atoms with van der Waals surface area (Å²) in [4.78, 5) is 55.6. The number of aldehydes is 1. The number of benzene rings is 2. The summed E-state index contributed by atoms with van der Waals surface area (Å²) in [5, 5.41) is 0.263. The lowest BCUT2D eigenvalue weighted by atomic mass is 10.0. The van der Waals surface area contributed by atoms with Crippen LogP contribution in [0, 0.1) is 5.82 Å². The van der Waals surface area contributed by atoms with E-state index < -0.39 is 23.1 Å². The van der Waals surface area contributed by atoms with Gasteiger partial charge in [-0.25, -0.2) is 9.18 Å². The van der Waals surface area contributed by atoms with E-state index in [0.717, 1.165) is 12.8 Å². The summed E-state index contributed by atoms with van der Waals surface area (Å²) in [7, 11) is 0. The van der Waals surface area contributed by atoms with Crippen molar-refractivity contribution >= 4 is 28.8 Å². The van der Waals surface area contributed by atoms with Crippen molar-refractivity contribution in [3.05, 3.63) is 74.7 Å². The first kappa shape index (κ1) is 23.4. The predicted molar refractivity (Wildman–Crippen MR) is 128 cm³/mol. The van der Waals surface area contributed by atoms with Gasteiger partial charge in [-0.2, -0.15) is 0 Å². The zero-order valence-electron chi connectivity index (χ0n) is 19.2. The second-order valence-corrected chi connectivity index (χ2v) is 8.42. The Morgan fingerprint density at radius 1 is 1.06 bits per heavy atom. The minimum absolute atomic E-state index is 0.0319. The largest absolute Gasteiger partial charge is 0.358 e. The number of amides is 1. The first-order valence-corrected chi connectivity index (χ1v) is 11.4. The van der Waals surface area contributed by atoms with Gasteiger partial charge in [-0.3, -0.25) is 19.1 Å². The number of hydrogen-bond acceptors (Lipinski definition) is 5. The van der Waals surface area contributed by atoms with E-state index in [4.69, 9.17) is 0 Å². The summed E-state index contributed by atoms with van der Waals surface area (Å²) < 4.78 is 16.0. The zero-order chi connectivity index (χ0) is 24.4. The number of carbonyl (C=O) groups excluding carboxylic acids is 2. The van der Waals surface area contributed by atoms with Crippen LogP contribution in [0.1, 0.15) is 38.3 Å². The smallest absolute Gasteiger partial charge is 0.329 e. The Morgan fingerprint density at radius 3 is 2.47 bits per heavy atom. The third kappa shape index (κ3) is 4.13.